The zero-order chi connectivity index (χ0) is 14.5. The SMILES string of the molecule is CCCNC(c1ccc(C)nc1)c1ccc(F)cc1Cl. The highest BCUT2D eigenvalue weighted by Crippen LogP contribution is 2.28. The van der Waals surface area contributed by atoms with E-state index in [1.165, 1.54) is 12.1 Å². The fraction of sp³-hybridized carbons (Fsp3) is 0.312. The van der Waals surface area contributed by atoms with Crippen molar-refractivity contribution in [1.29, 1.82) is 0 Å². The van der Waals surface area contributed by atoms with Gasteiger partial charge < -0.3 is 5.32 Å². The van der Waals surface area contributed by atoms with E-state index in [4.69, 9.17) is 11.6 Å². The number of hydrogen-bond donors (Lipinski definition) is 1. The minimum absolute atomic E-state index is 0.0730. The number of aromatic nitrogens is 1. The normalized spacial score (nSPS) is 12.4. The number of rotatable bonds is 5. The molecule has 0 spiro atoms. The Morgan fingerprint density at radius 1 is 1.30 bits per heavy atom. The van der Waals surface area contributed by atoms with Crippen LogP contribution in [0, 0.1) is 12.7 Å². The molecule has 1 aromatic heterocycles. The van der Waals surface area contributed by atoms with Crippen molar-refractivity contribution in [1.82, 2.24) is 10.3 Å². The summed E-state index contributed by atoms with van der Waals surface area (Å²) in [4.78, 5) is 4.32. The lowest BCUT2D eigenvalue weighted by Gasteiger charge is -2.20. The zero-order valence-electron chi connectivity index (χ0n) is 11.7. The molecule has 2 rings (SSSR count). The number of hydrogen-bond acceptors (Lipinski definition) is 2. The molecule has 4 heteroatoms. The second kappa shape index (κ2) is 6.82. The van der Waals surface area contributed by atoms with Gasteiger partial charge in [-0.15, -0.1) is 0 Å². The van der Waals surface area contributed by atoms with Crippen LogP contribution in [0.3, 0.4) is 0 Å². The van der Waals surface area contributed by atoms with E-state index in [0.29, 0.717) is 5.02 Å². The van der Waals surface area contributed by atoms with Crippen LogP contribution in [0.5, 0.6) is 0 Å². The molecule has 1 unspecified atom stereocenters. The van der Waals surface area contributed by atoms with Crippen LogP contribution in [-0.4, -0.2) is 11.5 Å². The van der Waals surface area contributed by atoms with Crippen LogP contribution in [0.4, 0.5) is 4.39 Å². The predicted molar refractivity (Wildman–Crippen MR) is 80.5 cm³/mol. The van der Waals surface area contributed by atoms with Gasteiger partial charge in [0, 0.05) is 16.9 Å². The highest BCUT2D eigenvalue weighted by molar-refractivity contribution is 6.31. The van der Waals surface area contributed by atoms with Crippen molar-refractivity contribution in [3.05, 3.63) is 64.2 Å². The van der Waals surface area contributed by atoms with Gasteiger partial charge in [-0.05, 0) is 49.2 Å². The minimum atomic E-state index is -0.324. The number of halogens is 2. The third-order valence-electron chi connectivity index (χ3n) is 3.14. The first-order chi connectivity index (χ1) is 9.61. The second-order valence-electron chi connectivity index (χ2n) is 4.79. The van der Waals surface area contributed by atoms with E-state index in [1.807, 2.05) is 25.3 Å². The van der Waals surface area contributed by atoms with E-state index in [-0.39, 0.29) is 11.9 Å². The molecule has 106 valence electrons. The van der Waals surface area contributed by atoms with Crippen LogP contribution < -0.4 is 5.32 Å². The fourth-order valence-electron chi connectivity index (χ4n) is 2.08. The van der Waals surface area contributed by atoms with Gasteiger partial charge in [0.1, 0.15) is 5.82 Å². The van der Waals surface area contributed by atoms with Crippen LogP contribution in [0.2, 0.25) is 5.02 Å². The van der Waals surface area contributed by atoms with Crippen molar-refractivity contribution in [2.45, 2.75) is 26.3 Å². The largest absolute Gasteiger partial charge is 0.306 e. The highest BCUT2D eigenvalue weighted by Gasteiger charge is 2.17. The topological polar surface area (TPSA) is 24.9 Å². The van der Waals surface area contributed by atoms with E-state index in [0.717, 1.165) is 29.8 Å². The summed E-state index contributed by atoms with van der Waals surface area (Å²) >= 11 is 6.18. The average Bonchev–Trinajstić information content (AvgIpc) is 2.42. The van der Waals surface area contributed by atoms with Gasteiger partial charge in [0.05, 0.1) is 6.04 Å². The van der Waals surface area contributed by atoms with Gasteiger partial charge in [-0.2, -0.15) is 0 Å². The Bertz CT molecular complexity index is 569. The monoisotopic (exact) mass is 292 g/mol. The van der Waals surface area contributed by atoms with Crippen LogP contribution in [-0.2, 0) is 0 Å². The van der Waals surface area contributed by atoms with E-state index in [2.05, 4.69) is 17.2 Å². The maximum absolute atomic E-state index is 13.2. The molecule has 1 aromatic carbocycles. The Morgan fingerprint density at radius 2 is 2.10 bits per heavy atom. The first-order valence-corrected chi connectivity index (χ1v) is 7.10. The first kappa shape index (κ1) is 14.9. The van der Waals surface area contributed by atoms with Gasteiger partial charge in [-0.3, -0.25) is 4.98 Å². The summed E-state index contributed by atoms with van der Waals surface area (Å²) in [5.41, 5.74) is 2.86. The first-order valence-electron chi connectivity index (χ1n) is 6.72. The molecule has 20 heavy (non-hydrogen) atoms. The third kappa shape index (κ3) is 3.56. The van der Waals surface area contributed by atoms with Gasteiger partial charge in [0.25, 0.3) is 0 Å². The fourth-order valence-corrected chi connectivity index (χ4v) is 2.36. The molecule has 1 atom stereocenters. The number of benzene rings is 1. The van der Waals surface area contributed by atoms with Crippen LogP contribution >= 0.6 is 11.6 Å². The quantitative estimate of drug-likeness (QED) is 0.890. The van der Waals surface area contributed by atoms with Gasteiger partial charge in [-0.1, -0.05) is 30.7 Å². The predicted octanol–water partition coefficient (Wildman–Crippen LogP) is 4.27. The summed E-state index contributed by atoms with van der Waals surface area (Å²) in [7, 11) is 0. The van der Waals surface area contributed by atoms with Gasteiger partial charge in [-0.25, -0.2) is 4.39 Å². The highest BCUT2D eigenvalue weighted by atomic mass is 35.5. The molecular formula is C16H18ClFN2. The Kier molecular flexibility index (Phi) is 5.10. The summed E-state index contributed by atoms with van der Waals surface area (Å²) in [5.74, 6) is -0.324. The maximum atomic E-state index is 13.2. The van der Waals surface area contributed by atoms with Crippen LogP contribution in [0.1, 0.15) is 36.2 Å². The molecule has 0 saturated carbocycles. The van der Waals surface area contributed by atoms with Crippen LogP contribution in [0.25, 0.3) is 0 Å². The van der Waals surface area contributed by atoms with Crippen molar-refractivity contribution in [3.8, 4) is 0 Å². The molecule has 1 N–H and O–H groups in total. The molecule has 0 fully saturated rings. The van der Waals surface area contributed by atoms with Crippen LogP contribution in [0.15, 0.2) is 36.5 Å². The van der Waals surface area contributed by atoms with Gasteiger partial charge >= 0.3 is 0 Å². The zero-order valence-corrected chi connectivity index (χ0v) is 12.4. The Balaban J connectivity index is 2.38. The molecule has 0 saturated heterocycles. The van der Waals surface area contributed by atoms with E-state index >= 15 is 0 Å². The van der Waals surface area contributed by atoms with Crippen molar-refractivity contribution >= 4 is 11.6 Å². The standard InChI is InChI=1S/C16H18ClFN2/c1-3-8-19-16(12-5-4-11(2)20-10-12)14-7-6-13(18)9-15(14)17/h4-7,9-10,16,19H,3,8H2,1-2H3. The molecule has 0 aliphatic carbocycles. The Labute approximate surface area is 124 Å². The van der Waals surface area contributed by atoms with Crippen molar-refractivity contribution < 1.29 is 4.39 Å². The summed E-state index contributed by atoms with van der Waals surface area (Å²) < 4.78 is 13.2. The lowest BCUT2D eigenvalue weighted by atomic mass is 9.99. The van der Waals surface area contributed by atoms with E-state index < -0.39 is 0 Å². The number of nitrogens with zero attached hydrogens (tertiary/aromatic N) is 1. The van der Waals surface area contributed by atoms with E-state index in [9.17, 15) is 4.39 Å². The summed E-state index contributed by atoms with van der Waals surface area (Å²) in [5, 5.41) is 3.86. The number of aryl methyl sites for hydroxylation is 1. The summed E-state index contributed by atoms with van der Waals surface area (Å²) in [6.07, 6.45) is 2.84. The van der Waals surface area contributed by atoms with Crippen molar-refractivity contribution in [3.63, 3.8) is 0 Å². The van der Waals surface area contributed by atoms with Gasteiger partial charge in [0.15, 0.2) is 0 Å². The number of nitrogens with one attached hydrogen (secondary N) is 1. The maximum Gasteiger partial charge on any atom is 0.124 e. The molecule has 2 nitrogen and oxygen atoms in total. The molecule has 0 aliphatic rings. The Hall–Kier alpha value is -1.45. The lowest BCUT2D eigenvalue weighted by molar-refractivity contribution is 0.591. The molecule has 2 aromatic rings. The smallest absolute Gasteiger partial charge is 0.124 e. The molecule has 0 radical (unpaired) electrons. The van der Waals surface area contributed by atoms with Crippen molar-refractivity contribution in [2.24, 2.45) is 0 Å². The minimum Gasteiger partial charge on any atom is -0.306 e. The summed E-state index contributed by atoms with van der Waals surface area (Å²) in [6, 6.07) is 8.42. The van der Waals surface area contributed by atoms with E-state index in [1.54, 1.807) is 6.07 Å². The second-order valence-corrected chi connectivity index (χ2v) is 5.19. The lowest BCUT2D eigenvalue weighted by Crippen LogP contribution is -2.23. The molecule has 0 aliphatic heterocycles. The molecule has 0 bridgehead atoms. The third-order valence-corrected chi connectivity index (χ3v) is 3.47. The molecule has 0 amide bonds. The Morgan fingerprint density at radius 3 is 2.70 bits per heavy atom. The molecular weight excluding hydrogens is 275 g/mol. The molecule has 1 heterocycles. The van der Waals surface area contributed by atoms with Gasteiger partial charge in [0.2, 0.25) is 0 Å². The number of pyridine rings is 1. The summed E-state index contributed by atoms with van der Waals surface area (Å²) in [6.45, 7) is 4.90. The van der Waals surface area contributed by atoms with Crippen molar-refractivity contribution in [2.75, 3.05) is 6.54 Å². The average molecular weight is 293 g/mol.